The summed E-state index contributed by atoms with van der Waals surface area (Å²) in [5.41, 5.74) is 1.72. The van der Waals surface area contributed by atoms with Crippen LogP contribution in [0.1, 0.15) is 32.6 Å². The molecule has 1 amide bonds. The monoisotopic (exact) mass is 364 g/mol. The number of sulfonamides is 1. The number of hydrogen-bond acceptors (Lipinski definition) is 4. The summed E-state index contributed by atoms with van der Waals surface area (Å²) < 4.78 is 31.9. The number of amides is 1. The third-order valence-corrected chi connectivity index (χ3v) is 6.35. The van der Waals surface area contributed by atoms with E-state index in [1.165, 1.54) is 16.3 Å². The molecule has 1 aromatic carbocycles. The number of benzene rings is 1. The largest absolute Gasteiger partial charge is 0.476 e. The quantitative estimate of drug-likeness (QED) is 0.813. The van der Waals surface area contributed by atoms with Crippen molar-refractivity contribution in [1.29, 1.82) is 0 Å². The Morgan fingerprint density at radius 3 is 2.84 bits per heavy atom. The first-order valence-corrected chi connectivity index (χ1v) is 10.3. The molecule has 0 bridgehead atoms. The van der Waals surface area contributed by atoms with Crippen LogP contribution < -0.4 is 14.4 Å². The summed E-state index contributed by atoms with van der Waals surface area (Å²) in [7, 11) is -3.47. The van der Waals surface area contributed by atoms with Crippen molar-refractivity contribution in [1.82, 2.24) is 5.32 Å². The maximum absolute atomic E-state index is 12.5. The minimum atomic E-state index is -3.47. The first-order valence-electron chi connectivity index (χ1n) is 8.73. The third-order valence-electron chi connectivity index (χ3n) is 4.60. The molecule has 25 heavy (non-hydrogen) atoms. The Kier molecular flexibility index (Phi) is 5.32. The standard InChI is InChI=1S/C18H24N2O4S/c1-2-25(22,23)20-13-17(24-16-11-7-6-10-15(16)20)18(21)19-12-14-8-4-3-5-9-14/h6-8,10-11,17H,2-5,9,12-13H2,1H3,(H,19,21)/t17-/m1/s1. The average molecular weight is 364 g/mol. The Hall–Kier alpha value is -2.02. The van der Waals surface area contributed by atoms with Crippen molar-refractivity contribution in [3.8, 4) is 5.75 Å². The Bertz CT molecular complexity index is 773. The number of para-hydroxylation sites is 2. The molecular weight excluding hydrogens is 340 g/mol. The minimum absolute atomic E-state index is 0.00192. The predicted molar refractivity (Wildman–Crippen MR) is 97.2 cm³/mol. The number of fused-ring (bicyclic) bond motifs is 1. The van der Waals surface area contributed by atoms with Crippen LogP contribution in [0.2, 0.25) is 0 Å². The molecule has 1 heterocycles. The molecule has 0 fully saturated rings. The number of nitrogens with zero attached hydrogens (tertiary/aromatic N) is 1. The number of nitrogens with one attached hydrogen (secondary N) is 1. The average Bonchev–Trinajstić information content (AvgIpc) is 2.66. The van der Waals surface area contributed by atoms with Gasteiger partial charge in [0.2, 0.25) is 10.0 Å². The highest BCUT2D eigenvalue weighted by Crippen LogP contribution is 2.35. The van der Waals surface area contributed by atoms with Crippen LogP contribution in [-0.2, 0) is 14.8 Å². The highest BCUT2D eigenvalue weighted by molar-refractivity contribution is 7.92. The Labute approximate surface area is 148 Å². The SMILES string of the molecule is CCS(=O)(=O)N1C[C@H](C(=O)NCC2=CCCCC2)Oc2ccccc21. The molecule has 0 radical (unpaired) electrons. The van der Waals surface area contributed by atoms with Gasteiger partial charge >= 0.3 is 0 Å². The Morgan fingerprint density at radius 1 is 1.32 bits per heavy atom. The second-order valence-corrected chi connectivity index (χ2v) is 8.51. The van der Waals surface area contributed by atoms with Crippen molar-refractivity contribution < 1.29 is 17.9 Å². The second-order valence-electron chi connectivity index (χ2n) is 6.33. The molecule has 0 saturated heterocycles. The van der Waals surface area contributed by atoms with E-state index in [0.29, 0.717) is 18.0 Å². The molecule has 6 nitrogen and oxygen atoms in total. The number of carbonyl (C=O) groups excluding carboxylic acids is 1. The predicted octanol–water partition coefficient (Wildman–Crippen LogP) is 2.22. The van der Waals surface area contributed by atoms with E-state index in [2.05, 4.69) is 11.4 Å². The van der Waals surface area contributed by atoms with Crippen LogP contribution >= 0.6 is 0 Å². The van der Waals surface area contributed by atoms with E-state index in [4.69, 9.17) is 4.74 Å². The zero-order chi connectivity index (χ0) is 17.9. The van der Waals surface area contributed by atoms with Gasteiger partial charge < -0.3 is 10.1 Å². The Balaban J connectivity index is 1.75. The molecule has 1 atom stereocenters. The highest BCUT2D eigenvalue weighted by atomic mass is 32.2. The number of carbonyl (C=O) groups is 1. The minimum Gasteiger partial charge on any atom is -0.476 e. The number of allylic oxidation sites excluding steroid dienone is 1. The van der Waals surface area contributed by atoms with Gasteiger partial charge in [-0.05, 0) is 44.7 Å². The molecule has 1 aliphatic carbocycles. The van der Waals surface area contributed by atoms with Crippen LogP contribution in [0.3, 0.4) is 0 Å². The van der Waals surface area contributed by atoms with E-state index < -0.39 is 16.1 Å². The van der Waals surface area contributed by atoms with Gasteiger partial charge in [0.15, 0.2) is 6.10 Å². The van der Waals surface area contributed by atoms with Crippen molar-refractivity contribution in [2.24, 2.45) is 0 Å². The van der Waals surface area contributed by atoms with E-state index in [-0.39, 0.29) is 18.2 Å². The van der Waals surface area contributed by atoms with Gasteiger partial charge in [0.25, 0.3) is 5.91 Å². The summed E-state index contributed by atoms with van der Waals surface area (Å²) in [6, 6.07) is 6.92. The summed E-state index contributed by atoms with van der Waals surface area (Å²) in [4.78, 5) is 12.5. The van der Waals surface area contributed by atoms with E-state index in [9.17, 15) is 13.2 Å². The van der Waals surface area contributed by atoms with Crippen molar-refractivity contribution in [3.63, 3.8) is 0 Å². The summed E-state index contributed by atoms with van der Waals surface area (Å²) >= 11 is 0. The van der Waals surface area contributed by atoms with Crippen molar-refractivity contribution in [3.05, 3.63) is 35.9 Å². The second kappa shape index (κ2) is 7.47. The lowest BCUT2D eigenvalue weighted by Crippen LogP contribution is -2.51. The first kappa shape index (κ1) is 17.8. The van der Waals surface area contributed by atoms with Gasteiger partial charge in [0, 0.05) is 6.54 Å². The van der Waals surface area contributed by atoms with E-state index in [1.54, 1.807) is 31.2 Å². The third kappa shape index (κ3) is 3.98. The molecule has 0 unspecified atom stereocenters. The molecule has 1 aliphatic heterocycles. The van der Waals surface area contributed by atoms with Gasteiger partial charge in [0.1, 0.15) is 5.75 Å². The lowest BCUT2D eigenvalue weighted by molar-refractivity contribution is -0.127. The molecule has 2 aliphatic rings. The van der Waals surface area contributed by atoms with Crippen molar-refractivity contribution in [2.75, 3.05) is 23.1 Å². The van der Waals surface area contributed by atoms with Crippen LogP contribution in [0, 0.1) is 0 Å². The highest BCUT2D eigenvalue weighted by Gasteiger charge is 2.35. The maximum atomic E-state index is 12.5. The topological polar surface area (TPSA) is 75.7 Å². The lowest BCUT2D eigenvalue weighted by Gasteiger charge is -2.34. The van der Waals surface area contributed by atoms with Gasteiger partial charge in [-0.2, -0.15) is 0 Å². The number of hydrogen-bond donors (Lipinski definition) is 1. The van der Waals surface area contributed by atoms with Gasteiger partial charge in [-0.3, -0.25) is 9.10 Å². The molecule has 1 aromatic rings. The fraction of sp³-hybridized carbons (Fsp3) is 0.500. The molecule has 3 rings (SSSR count). The fourth-order valence-electron chi connectivity index (χ4n) is 3.14. The van der Waals surface area contributed by atoms with Crippen molar-refractivity contribution >= 4 is 21.6 Å². The van der Waals surface area contributed by atoms with Crippen LogP contribution in [0.25, 0.3) is 0 Å². The smallest absolute Gasteiger partial charge is 0.263 e. The molecular formula is C18H24N2O4S. The van der Waals surface area contributed by atoms with E-state index in [0.717, 1.165) is 19.3 Å². The zero-order valence-corrected chi connectivity index (χ0v) is 15.2. The summed E-state index contributed by atoms with van der Waals surface area (Å²) in [6.45, 7) is 2.09. The lowest BCUT2D eigenvalue weighted by atomic mass is 10.00. The number of anilines is 1. The molecule has 0 aromatic heterocycles. The Morgan fingerprint density at radius 2 is 2.12 bits per heavy atom. The summed E-state index contributed by atoms with van der Waals surface area (Å²) in [5, 5.41) is 2.89. The fourth-order valence-corrected chi connectivity index (χ4v) is 4.26. The molecule has 136 valence electrons. The van der Waals surface area contributed by atoms with Gasteiger partial charge in [-0.15, -0.1) is 0 Å². The van der Waals surface area contributed by atoms with Crippen LogP contribution in [-0.4, -0.2) is 39.3 Å². The summed E-state index contributed by atoms with van der Waals surface area (Å²) in [5.74, 6) is 0.114. The molecule has 0 saturated carbocycles. The van der Waals surface area contributed by atoms with E-state index >= 15 is 0 Å². The summed E-state index contributed by atoms with van der Waals surface area (Å²) in [6.07, 6.45) is 5.74. The normalized spacial score (nSPS) is 20.3. The van der Waals surface area contributed by atoms with Gasteiger partial charge in [-0.25, -0.2) is 8.42 Å². The van der Waals surface area contributed by atoms with Crippen molar-refractivity contribution in [2.45, 2.75) is 38.7 Å². The van der Waals surface area contributed by atoms with Crippen LogP contribution in [0.5, 0.6) is 5.75 Å². The van der Waals surface area contributed by atoms with Crippen LogP contribution in [0.4, 0.5) is 5.69 Å². The van der Waals surface area contributed by atoms with Gasteiger partial charge in [-0.1, -0.05) is 23.8 Å². The van der Waals surface area contributed by atoms with Crippen LogP contribution in [0.15, 0.2) is 35.9 Å². The molecule has 0 spiro atoms. The van der Waals surface area contributed by atoms with Gasteiger partial charge in [0.05, 0.1) is 18.0 Å². The first-order chi connectivity index (χ1) is 12.0. The van der Waals surface area contributed by atoms with E-state index in [1.807, 2.05) is 0 Å². The maximum Gasteiger partial charge on any atom is 0.263 e. The zero-order valence-electron chi connectivity index (χ0n) is 14.4. The molecule has 1 N–H and O–H groups in total. The molecule has 7 heteroatoms. The number of rotatable bonds is 5. The number of ether oxygens (including phenoxy) is 1.